The van der Waals surface area contributed by atoms with Crippen LogP contribution in [0.4, 0.5) is 0 Å². The molecule has 0 bridgehead atoms. The Balaban J connectivity index is 2.37. The zero-order valence-corrected chi connectivity index (χ0v) is 12.8. The van der Waals surface area contributed by atoms with Gasteiger partial charge in [0.15, 0.2) is 0 Å². The van der Waals surface area contributed by atoms with Crippen LogP contribution in [0, 0.1) is 0 Å². The second-order valence-electron chi connectivity index (χ2n) is 5.02. The van der Waals surface area contributed by atoms with E-state index >= 15 is 0 Å². The first kappa shape index (κ1) is 16.5. The van der Waals surface area contributed by atoms with Crippen molar-refractivity contribution < 1.29 is 9.53 Å². The molecule has 0 atom stereocenters. The zero-order valence-electron chi connectivity index (χ0n) is 12.8. The molecular weight excluding hydrogens is 252 g/mol. The Bertz CT molecular complexity index is 405. The quantitative estimate of drug-likeness (QED) is 0.705. The van der Waals surface area contributed by atoms with Crippen molar-refractivity contribution in [3.63, 3.8) is 0 Å². The molecule has 0 aromatic heterocycles. The van der Waals surface area contributed by atoms with Gasteiger partial charge in [0.1, 0.15) is 5.75 Å². The van der Waals surface area contributed by atoms with Gasteiger partial charge in [-0.2, -0.15) is 0 Å². The van der Waals surface area contributed by atoms with E-state index < -0.39 is 0 Å². The Morgan fingerprint density at radius 3 is 2.75 bits per heavy atom. The van der Waals surface area contributed by atoms with Crippen molar-refractivity contribution in [1.82, 2.24) is 10.2 Å². The average Bonchev–Trinajstić information content (AvgIpc) is 2.45. The molecule has 0 radical (unpaired) electrons. The Morgan fingerprint density at radius 1 is 1.30 bits per heavy atom. The summed E-state index contributed by atoms with van der Waals surface area (Å²) in [6, 6.07) is 8.05. The molecule has 0 aliphatic heterocycles. The van der Waals surface area contributed by atoms with E-state index in [1.54, 1.807) is 19.0 Å². The molecule has 0 aliphatic rings. The van der Waals surface area contributed by atoms with Crippen LogP contribution in [0.1, 0.15) is 31.7 Å². The minimum Gasteiger partial charge on any atom is -0.493 e. The molecule has 112 valence electrons. The standard InChI is InChI=1S/C16H26N2O2/c1-4-11-17-13-14-8-5-6-9-15(14)20-12-7-10-16(19)18(2)3/h5-6,8-9,17H,4,7,10-13H2,1-3H3. The molecule has 1 aromatic carbocycles. The maximum absolute atomic E-state index is 11.5. The number of nitrogens with zero attached hydrogens (tertiary/aromatic N) is 1. The van der Waals surface area contributed by atoms with E-state index in [0.717, 1.165) is 31.7 Å². The van der Waals surface area contributed by atoms with E-state index in [1.807, 2.05) is 18.2 Å². The molecule has 0 heterocycles. The van der Waals surface area contributed by atoms with Crippen LogP contribution in [0.3, 0.4) is 0 Å². The van der Waals surface area contributed by atoms with Gasteiger partial charge in [0, 0.05) is 32.6 Å². The number of ether oxygens (including phenoxy) is 1. The predicted molar refractivity (Wildman–Crippen MR) is 81.9 cm³/mol. The fourth-order valence-corrected chi connectivity index (χ4v) is 1.82. The molecule has 4 nitrogen and oxygen atoms in total. The minimum absolute atomic E-state index is 0.145. The maximum atomic E-state index is 11.5. The van der Waals surface area contributed by atoms with E-state index in [0.29, 0.717) is 13.0 Å². The molecule has 0 spiro atoms. The van der Waals surface area contributed by atoms with Crippen LogP contribution in [0.15, 0.2) is 24.3 Å². The van der Waals surface area contributed by atoms with E-state index in [9.17, 15) is 4.79 Å². The molecule has 0 unspecified atom stereocenters. The first-order valence-electron chi connectivity index (χ1n) is 7.26. The largest absolute Gasteiger partial charge is 0.493 e. The first-order chi connectivity index (χ1) is 9.65. The van der Waals surface area contributed by atoms with Crippen molar-refractivity contribution in [1.29, 1.82) is 0 Å². The van der Waals surface area contributed by atoms with Gasteiger partial charge >= 0.3 is 0 Å². The third kappa shape index (κ3) is 6.06. The van der Waals surface area contributed by atoms with Gasteiger partial charge in [-0.3, -0.25) is 4.79 Å². The molecule has 1 amide bonds. The predicted octanol–water partition coefficient (Wildman–Crippen LogP) is 2.43. The van der Waals surface area contributed by atoms with Crippen LogP contribution in [-0.2, 0) is 11.3 Å². The summed E-state index contributed by atoms with van der Waals surface area (Å²) in [4.78, 5) is 13.1. The smallest absolute Gasteiger partial charge is 0.222 e. The number of carbonyl (C=O) groups is 1. The third-order valence-electron chi connectivity index (χ3n) is 3.01. The number of rotatable bonds is 9. The van der Waals surface area contributed by atoms with Gasteiger partial charge in [-0.05, 0) is 25.5 Å². The summed E-state index contributed by atoms with van der Waals surface area (Å²) in [5, 5.41) is 3.37. The highest BCUT2D eigenvalue weighted by molar-refractivity contribution is 5.75. The number of hydrogen-bond acceptors (Lipinski definition) is 3. The summed E-state index contributed by atoms with van der Waals surface area (Å²) in [5.74, 6) is 1.06. The van der Waals surface area contributed by atoms with Crippen molar-refractivity contribution in [2.45, 2.75) is 32.7 Å². The van der Waals surface area contributed by atoms with Crippen LogP contribution in [0.25, 0.3) is 0 Å². The number of amides is 1. The second kappa shape index (κ2) is 9.37. The van der Waals surface area contributed by atoms with Gasteiger partial charge in [-0.15, -0.1) is 0 Å². The Labute approximate surface area is 122 Å². The molecule has 0 saturated heterocycles. The summed E-state index contributed by atoms with van der Waals surface area (Å²) >= 11 is 0. The second-order valence-corrected chi connectivity index (χ2v) is 5.02. The number of nitrogens with one attached hydrogen (secondary N) is 1. The average molecular weight is 278 g/mol. The number of hydrogen-bond donors (Lipinski definition) is 1. The molecule has 1 N–H and O–H groups in total. The molecule has 1 rings (SSSR count). The fraction of sp³-hybridized carbons (Fsp3) is 0.562. The lowest BCUT2D eigenvalue weighted by Gasteiger charge is -2.13. The van der Waals surface area contributed by atoms with E-state index in [1.165, 1.54) is 5.56 Å². The van der Waals surface area contributed by atoms with Crippen molar-refractivity contribution in [3.8, 4) is 5.75 Å². The molecule has 0 fully saturated rings. The van der Waals surface area contributed by atoms with Crippen molar-refractivity contribution >= 4 is 5.91 Å². The van der Waals surface area contributed by atoms with Crippen LogP contribution in [-0.4, -0.2) is 38.1 Å². The van der Waals surface area contributed by atoms with E-state index in [4.69, 9.17) is 4.74 Å². The van der Waals surface area contributed by atoms with Crippen molar-refractivity contribution in [3.05, 3.63) is 29.8 Å². The van der Waals surface area contributed by atoms with Gasteiger partial charge in [0.25, 0.3) is 0 Å². The van der Waals surface area contributed by atoms with Crippen LogP contribution in [0.5, 0.6) is 5.75 Å². The first-order valence-corrected chi connectivity index (χ1v) is 7.26. The molecule has 4 heteroatoms. The molecule has 1 aromatic rings. The SMILES string of the molecule is CCCNCc1ccccc1OCCCC(=O)N(C)C. The topological polar surface area (TPSA) is 41.6 Å². The van der Waals surface area contributed by atoms with Gasteiger partial charge in [0.2, 0.25) is 5.91 Å². The summed E-state index contributed by atoms with van der Waals surface area (Å²) in [6.45, 7) is 4.55. The Morgan fingerprint density at radius 2 is 2.05 bits per heavy atom. The number of carbonyl (C=O) groups excluding carboxylic acids is 1. The number of para-hydroxylation sites is 1. The van der Waals surface area contributed by atoms with Crippen LogP contribution < -0.4 is 10.1 Å². The van der Waals surface area contributed by atoms with Crippen molar-refractivity contribution in [2.24, 2.45) is 0 Å². The van der Waals surface area contributed by atoms with Gasteiger partial charge in [-0.1, -0.05) is 25.1 Å². The minimum atomic E-state index is 0.145. The summed E-state index contributed by atoms with van der Waals surface area (Å²) in [5.41, 5.74) is 1.17. The van der Waals surface area contributed by atoms with Gasteiger partial charge in [0.05, 0.1) is 6.61 Å². The lowest BCUT2D eigenvalue weighted by atomic mass is 10.2. The van der Waals surface area contributed by atoms with E-state index in [2.05, 4.69) is 18.3 Å². The maximum Gasteiger partial charge on any atom is 0.222 e. The summed E-state index contributed by atoms with van der Waals surface area (Å²) in [7, 11) is 3.55. The Kier molecular flexibility index (Phi) is 7.73. The van der Waals surface area contributed by atoms with Crippen LogP contribution >= 0.6 is 0 Å². The zero-order chi connectivity index (χ0) is 14.8. The van der Waals surface area contributed by atoms with Crippen molar-refractivity contribution in [2.75, 3.05) is 27.2 Å². The molecule has 20 heavy (non-hydrogen) atoms. The highest BCUT2D eigenvalue weighted by Crippen LogP contribution is 2.18. The molecule has 0 saturated carbocycles. The number of benzene rings is 1. The monoisotopic (exact) mass is 278 g/mol. The summed E-state index contributed by atoms with van der Waals surface area (Å²) < 4.78 is 5.79. The van der Waals surface area contributed by atoms with Crippen LogP contribution in [0.2, 0.25) is 0 Å². The third-order valence-corrected chi connectivity index (χ3v) is 3.01. The highest BCUT2D eigenvalue weighted by Gasteiger charge is 2.05. The van der Waals surface area contributed by atoms with Gasteiger partial charge in [-0.25, -0.2) is 0 Å². The summed E-state index contributed by atoms with van der Waals surface area (Å²) in [6.07, 6.45) is 2.40. The normalized spacial score (nSPS) is 10.3. The lowest BCUT2D eigenvalue weighted by Crippen LogP contribution is -2.21. The Hall–Kier alpha value is -1.55. The van der Waals surface area contributed by atoms with Gasteiger partial charge < -0.3 is 15.0 Å². The highest BCUT2D eigenvalue weighted by atomic mass is 16.5. The molecule has 0 aliphatic carbocycles. The fourth-order valence-electron chi connectivity index (χ4n) is 1.82. The lowest BCUT2D eigenvalue weighted by molar-refractivity contribution is -0.128. The molecular formula is C16H26N2O2. The van der Waals surface area contributed by atoms with E-state index in [-0.39, 0.29) is 5.91 Å².